The predicted octanol–water partition coefficient (Wildman–Crippen LogP) is 2.08. The minimum absolute atomic E-state index is 0.109. The number of hydrogen-bond acceptors (Lipinski definition) is 3. The van der Waals surface area contributed by atoms with Crippen LogP contribution in [0.4, 0.5) is 0 Å². The molecule has 0 saturated carbocycles. The zero-order chi connectivity index (χ0) is 17.7. The quantitative estimate of drug-likeness (QED) is 0.577. The van der Waals surface area contributed by atoms with E-state index in [9.17, 15) is 9.59 Å². The van der Waals surface area contributed by atoms with Gasteiger partial charge in [0.2, 0.25) is 0 Å². The van der Waals surface area contributed by atoms with Crippen molar-refractivity contribution in [1.82, 2.24) is 4.68 Å². The molecule has 128 valence electrons. The molecule has 0 radical (unpaired) electrons. The Bertz CT molecular complexity index is 727. The Balaban J connectivity index is 2.12. The number of esters is 1. The number of aromatic nitrogens is 2. The van der Waals surface area contributed by atoms with Crippen LogP contribution >= 0.6 is 0 Å². The first-order valence-corrected chi connectivity index (χ1v) is 8.20. The van der Waals surface area contributed by atoms with Crippen LogP contribution in [0, 0.1) is 20.8 Å². The van der Waals surface area contributed by atoms with E-state index < -0.39 is 0 Å². The van der Waals surface area contributed by atoms with Gasteiger partial charge in [-0.25, -0.2) is 4.79 Å². The van der Waals surface area contributed by atoms with E-state index in [1.807, 2.05) is 49.7 Å². The van der Waals surface area contributed by atoms with Gasteiger partial charge in [0.1, 0.15) is 6.54 Å². The van der Waals surface area contributed by atoms with Gasteiger partial charge in [-0.05, 0) is 44.4 Å². The molecular formula is C19H25N2O3+. The van der Waals surface area contributed by atoms with Gasteiger partial charge < -0.3 is 4.74 Å². The molecule has 0 aliphatic rings. The highest BCUT2D eigenvalue weighted by atomic mass is 16.5. The molecule has 0 bridgehead atoms. The number of nitrogens with zero attached hydrogens (tertiary/aromatic N) is 2. The Morgan fingerprint density at radius 2 is 1.79 bits per heavy atom. The largest absolute Gasteiger partial charge is 0.461 e. The van der Waals surface area contributed by atoms with Crippen LogP contribution in [0.1, 0.15) is 29.3 Å². The maximum atomic E-state index is 12.5. The minimum atomic E-state index is -0.302. The second-order valence-corrected chi connectivity index (χ2v) is 6.00. The zero-order valence-electron chi connectivity index (χ0n) is 14.8. The lowest BCUT2D eigenvalue weighted by atomic mass is 9.98. The summed E-state index contributed by atoms with van der Waals surface area (Å²) in [5, 5.41) is 0. The summed E-state index contributed by atoms with van der Waals surface area (Å²) < 4.78 is 8.54. The molecule has 0 N–H and O–H groups in total. The molecule has 0 unspecified atom stereocenters. The standard InChI is InChI=1S/C19H25N2O3/c1-5-24-19(23)13-20-10-9-16(4)21(20)12-17(22)11-18-14(2)7-6-8-15(18)3/h6-10H,5,11-13H2,1-4H3/q+1. The lowest BCUT2D eigenvalue weighted by Crippen LogP contribution is -2.47. The van der Waals surface area contributed by atoms with Gasteiger partial charge in [0.25, 0.3) is 6.54 Å². The number of rotatable bonds is 7. The van der Waals surface area contributed by atoms with E-state index in [0.717, 1.165) is 22.4 Å². The first-order valence-electron chi connectivity index (χ1n) is 8.20. The third kappa shape index (κ3) is 4.31. The van der Waals surface area contributed by atoms with Crippen LogP contribution < -0.4 is 4.68 Å². The van der Waals surface area contributed by atoms with E-state index in [0.29, 0.717) is 13.0 Å². The summed E-state index contributed by atoms with van der Waals surface area (Å²) in [4.78, 5) is 24.2. The summed E-state index contributed by atoms with van der Waals surface area (Å²) in [6.07, 6.45) is 2.20. The van der Waals surface area contributed by atoms with Crippen molar-refractivity contribution in [3.8, 4) is 0 Å². The fraction of sp³-hybridized carbons (Fsp3) is 0.421. The van der Waals surface area contributed by atoms with Crippen LogP contribution in [-0.2, 0) is 33.8 Å². The van der Waals surface area contributed by atoms with Crippen LogP contribution in [0.3, 0.4) is 0 Å². The van der Waals surface area contributed by atoms with Crippen molar-refractivity contribution in [2.75, 3.05) is 6.61 Å². The first-order chi connectivity index (χ1) is 11.4. The molecule has 1 heterocycles. The van der Waals surface area contributed by atoms with E-state index in [4.69, 9.17) is 4.74 Å². The molecule has 0 saturated heterocycles. The lowest BCUT2D eigenvalue weighted by Gasteiger charge is -2.09. The molecule has 5 nitrogen and oxygen atoms in total. The van der Waals surface area contributed by atoms with Crippen molar-refractivity contribution >= 4 is 11.8 Å². The van der Waals surface area contributed by atoms with Gasteiger partial charge in [-0.3, -0.25) is 4.79 Å². The molecule has 5 heteroatoms. The maximum Gasteiger partial charge on any atom is 0.375 e. The smallest absolute Gasteiger partial charge is 0.375 e. The fourth-order valence-corrected chi connectivity index (χ4v) is 2.80. The molecule has 24 heavy (non-hydrogen) atoms. The summed E-state index contributed by atoms with van der Waals surface area (Å²) in [6, 6.07) is 7.95. The number of carbonyl (C=O) groups excluding carboxylic acids is 2. The summed E-state index contributed by atoms with van der Waals surface area (Å²) in [7, 11) is 0. The number of ether oxygens (including phenoxy) is 1. The molecular weight excluding hydrogens is 304 g/mol. The zero-order valence-corrected chi connectivity index (χ0v) is 14.8. The van der Waals surface area contributed by atoms with E-state index in [1.165, 1.54) is 0 Å². The predicted molar refractivity (Wildman–Crippen MR) is 90.6 cm³/mol. The van der Waals surface area contributed by atoms with Crippen LogP contribution in [0.25, 0.3) is 0 Å². The molecule has 0 fully saturated rings. The summed E-state index contributed by atoms with van der Waals surface area (Å²) in [5.41, 5.74) is 4.29. The number of hydrogen-bond donors (Lipinski definition) is 0. The molecule has 1 aromatic carbocycles. The average Bonchev–Trinajstić information content (AvgIpc) is 2.84. The third-order valence-corrected chi connectivity index (χ3v) is 4.15. The average molecular weight is 329 g/mol. The highest BCUT2D eigenvalue weighted by Crippen LogP contribution is 2.14. The van der Waals surface area contributed by atoms with Crippen LogP contribution in [0.15, 0.2) is 30.5 Å². The number of carbonyl (C=O) groups is 2. The van der Waals surface area contributed by atoms with E-state index in [-0.39, 0.29) is 24.8 Å². The normalized spacial score (nSPS) is 10.7. The second-order valence-electron chi connectivity index (χ2n) is 6.00. The van der Waals surface area contributed by atoms with Gasteiger partial charge in [0.05, 0.1) is 12.3 Å². The van der Waals surface area contributed by atoms with Gasteiger partial charge >= 0.3 is 5.97 Å². The minimum Gasteiger partial charge on any atom is -0.461 e. The van der Waals surface area contributed by atoms with Gasteiger partial charge in [-0.1, -0.05) is 18.2 Å². The lowest BCUT2D eigenvalue weighted by molar-refractivity contribution is -0.764. The fourth-order valence-electron chi connectivity index (χ4n) is 2.80. The number of ketones is 1. The molecule has 0 aliphatic carbocycles. The topological polar surface area (TPSA) is 52.2 Å². The monoisotopic (exact) mass is 329 g/mol. The van der Waals surface area contributed by atoms with Crippen molar-refractivity contribution in [3.05, 3.63) is 52.8 Å². The Morgan fingerprint density at radius 1 is 1.12 bits per heavy atom. The van der Waals surface area contributed by atoms with Gasteiger partial charge in [-0.15, -0.1) is 4.68 Å². The van der Waals surface area contributed by atoms with Gasteiger partial charge in [0, 0.05) is 12.5 Å². The molecule has 0 amide bonds. The third-order valence-electron chi connectivity index (χ3n) is 4.15. The van der Waals surface area contributed by atoms with Crippen molar-refractivity contribution in [3.63, 3.8) is 0 Å². The Labute approximate surface area is 142 Å². The van der Waals surface area contributed by atoms with E-state index in [1.54, 1.807) is 17.8 Å². The Hall–Kier alpha value is -2.43. The number of benzene rings is 1. The molecule has 0 spiro atoms. The highest BCUT2D eigenvalue weighted by Gasteiger charge is 2.20. The van der Waals surface area contributed by atoms with Crippen molar-refractivity contribution < 1.29 is 19.0 Å². The molecule has 0 atom stereocenters. The second kappa shape index (κ2) is 7.90. The molecule has 1 aromatic heterocycles. The van der Waals surface area contributed by atoms with Crippen LogP contribution in [0.2, 0.25) is 0 Å². The van der Waals surface area contributed by atoms with Gasteiger partial charge in [-0.2, -0.15) is 4.68 Å². The van der Waals surface area contributed by atoms with Crippen LogP contribution in [-0.4, -0.2) is 23.0 Å². The maximum absolute atomic E-state index is 12.5. The van der Waals surface area contributed by atoms with Crippen molar-refractivity contribution in [1.29, 1.82) is 0 Å². The van der Waals surface area contributed by atoms with Crippen molar-refractivity contribution in [2.45, 2.75) is 47.2 Å². The van der Waals surface area contributed by atoms with Crippen LogP contribution in [0.5, 0.6) is 0 Å². The SMILES string of the molecule is CCOC(=O)C[n+]1ccc(C)n1CC(=O)Cc1c(C)cccc1C. The number of Topliss-reactive ketones (excluding diaryl/α,β-unsaturated/α-hetero) is 1. The summed E-state index contributed by atoms with van der Waals surface area (Å²) >= 11 is 0. The van der Waals surface area contributed by atoms with E-state index in [2.05, 4.69) is 0 Å². The van der Waals surface area contributed by atoms with E-state index >= 15 is 0 Å². The molecule has 2 rings (SSSR count). The Kier molecular flexibility index (Phi) is 5.90. The number of aryl methyl sites for hydroxylation is 3. The highest BCUT2D eigenvalue weighted by molar-refractivity contribution is 5.81. The first kappa shape index (κ1) is 17.9. The summed E-state index contributed by atoms with van der Waals surface area (Å²) in [5.74, 6) is -0.187. The summed E-state index contributed by atoms with van der Waals surface area (Å²) in [6.45, 7) is 8.46. The van der Waals surface area contributed by atoms with Gasteiger partial charge in [0.15, 0.2) is 12.0 Å². The molecule has 0 aliphatic heterocycles. The molecule has 2 aromatic rings. The van der Waals surface area contributed by atoms with Crippen molar-refractivity contribution in [2.24, 2.45) is 0 Å². The Morgan fingerprint density at radius 3 is 2.42 bits per heavy atom.